The van der Waals surface area contributed by atoms with Crippen molar-refractivity contribution in [2.75, 3.05) is 0 Å². The van der Waals surface area contributed by atoms with Gasteiger partial charge in [0.1, 0.15) is 11.6 Å². The number of benzene rings is 1. The van der Waals surface area contributed by atoms with Crippen LogP contribution >= 0.6 is 11.3 Å². The first kappa shape index (κ1) is 16.8. The summed E-state index contributed by atoms with van der Waals surface area (Å²) >= 11 is 1.55. The summed E-state index contributed by atoms with van der Waals surface area (Å²) in [5.41, 5.74) is 7.98. The van der Waals surface area contributed by atoms with Gasteiger partial charge in [-0.2, -0.15) is 5.26 Å². The van der Waals surface area contributed by atoms with Crippen LogP contribution in [0.4, 0.5) is 5.69 Å². The Balaban J connectivity index is 1.93. The van der Waals surface area contributed by atoms with Gasteiger partial charge >= 0.3 is 0 Å². The smallest absolute Gasteiger partial charge is 0.270 e. The molecule has 3 aromatic rings. The van der Waals surface area contributed by atoms with Gasteiger partial charge in [-0.15, -0.1) is 16.4 Å². The number of aryl methyl sites for hydroxylation is 1. The molecule has 4 rings (SSSR count). The van der Waals surface area contributed by atoms with Crippen LogP contribution in [0.25, 0.3) is 11.3 Å². The van der Waals surface area contributed by atoms with Crippen LogP contribution in [0.3, 0.4) is 0 Å². The molecular formula is C18H13N5O3S. The molecule has 0 radical (unpaired) electrons. The maximum absolute atomic E-state index is 11.1. The van der Waals surface area contributed by atoms with Crippen molar-refractivity contribution >= 4 is 17.0 Å². The Morgan fingerprint density at radius 2 is 2.22 bits per heavy atom. The fourth-order valence-corrected chi connectivity index (χ4v) is 4.13. The minimum Gasteiger partial charge on any atom is -0.420 e. The third-order valence-corrected chi connectivity index (χ3v) is 5.40. The molecule has 0 aliphatic carbocycles. The number of nitro benzene ring substituents is 1. The van der Waals surface area contributed by atoms with E-state index in [4.69, 9.17) is 10.5 Å². The molecule has 3 heterocycles. The fourth-order valence-electron chi connectivity index (χ4n) is 3.13. The molecule has 0 bridgehead atoms. The highest BCUT2D eigenvalue weighted by Gasteiger charge is 2.36. The second-order valence-electron chi connectivity index (χ2n) is 6.00. The van der Waals surface area contributed by atoms with Crippen LogP contribution in [0.1, 0.15) is 21.2 Å². The Morgan fingerprint density at radius 3 is 2.89 bits per heavy atom. The Labute approximate surface area is 157 Å². The summed E-state index contributed by atoms with van der Waals surface area (Å²) in [6.45, 7) is 1.98. The van der Waals surface area contributed by atoms with Crippen LogP contribution in [0, 0.1) is 28.4 Å². The summed E-state index contributed by atoms with van der Waals surface area (Å²) < 4.78 is 5.54. The molecular weight excluding hydrogens is 366 g/mol. The van der Waals surface area contributed by atoms with Crippen molar-refractivity contribution in [2.24, 2.45) is 5.73 Å². The molecule has 1 aromatic carbocycles. The van der Waals surface area contributed by atoms with E-state index in [2.05, 4.69) is 16.3 Å². The first-order valence-electron chi connectivity index (χ1n) is 7.96. The lowest BCUT2D eigenvalue weighted by Crippen LogP contribution is -2.20. The molecule has 1 aliphatic rings. The number of allylic oxidation sites excluding steroid dienone is 1. The van der Waals surface area contributed by atoms with Crippen LogP contribution in [0.15, 0.2) is 47.9 Å². The van der Waals surface area contributed by atoms with Crippen molar-refractivity contribution in [3.63, 3.8) is 0 Å². The summed E-state index contributed by atoms with van der Waals surface area (Å²) in [6, 6.07) is 12.3. The third-order valence-electron chi connectivity index (χ3n) is 4.33. The first-order chi connectivity index (χ1) is 13.0. The van der Waals surface area contributed by atoms with Crippen molar-refractivity contribution in [3.05, 3.63) is 73.3 Å². The Morgan fingerprint density at radius 1 is 1.41 bits per heavy atom. The number of aromatic amines is 1. The number of nitrogens with zero attached hydrogens (tertiary/aromatic N) is 3. The molecule has 1 unspecified atom stereocenters. The lowest BCUT2D eigenvalue weighted by atomic mass is 9.87. The molecule has 9 heteroatoms. The maximum atomic E-state index is 11.1. The number of hydrogen-bond acceptors (Lipinski definition) is 7. The summed E-state index contributed by atoms with van der Waals surface area (Å²) in [6.07, 6.45) is 0. The number of nitro groups is 1. The monoisotopic (exact) mass is 379 g/mol. The predicted octanol–water partition coefficient (Wildman–Crippen LogP) is 3.57. The van der Waals surface area contributed by atoms with Gasteiger partial charge in [0.25, 0.3) is 5.69 Å². The fraction of sp³-hybridized carbons (Fsp3) is 0.111. The van der Waals surface area contributed by atoms with Gasteiger partial charge in [-0.25, -0.2) is 0 Å². The summed E-state index contributed by atoms with van der Waals surface area (Å²) in [5, 5.41) is 27.8. The average molecular weight is 379 g/mol. The number of aromatic nitrogens is 2. The van der Waals surface area contributed by atoms with Gasteiger partial charge in [-0.3, -0.25) is 15.2 Å². The predicted molar refractivity (Wildman–Crippen MR) is 99.0 cm³/mol. The zero-order valence-electron chi connectivity index (χ0n) is 14.1. The van der Waals surface area contributed by atoms with E-state index >= 15 is 0 Å². The quantitative estimate of drug-likeness (QED) is 0.528. The van der Waals surface area contributed by atoms with Crippen molar-refractivity contribution in [3.8, 4) is 23.2 Å². The normalized spacial score (nSPS) is 15.8. The van der Waals surface area contributed by atoms with Gasteiger partial charge in [0.05, 0.1) is 22.1 Å². The van der Waals surface area contributed by atoms with Gasteiger partial charge < -0.3 is 10.5 Å². The van der Waals surface area contributed by atoms with Gasteiger partial charge in [0.15, 0.2) is 0 Å². The zero-order valence-corrected chi connectivity index (χ0v) is 14.9. The van der Waals surface area contributed by atoms with E-state index in [1.807, 2.05) is 19.1 Å². The number of H-pyrrole nitrogens is 1. The number of non-ortho nitro benzene ring substituents is 1. The number of hydrogen-bond donors (Lipinski definition) is 2. The molecule has 2 aromatic heterocycles. The maximum Gasteiger partial charge on any atom is 0.270 e. The van der Waals surface area contributed by atoms with E-state index in [1.54, 1.807) is 23.5 Å². The number of rotatable bonds is 3. The lowest BCUT2D eigenvalue weighted by Gasteiger charge is -2.22. The number of fused-ring (bicyclic) bond motifs is 1. The van der Waals surface area contributed by atoms with Gasteiger partial charge in [-0.1, -0.05) is 12.1 Å². The number of thiophene rings is 1. The highest BCUT2D eigenvalue weighted by molar-refractivity contribution is 7.12. The van der Waals surface area contributed by atoms with E-state index in [1.165, 1.54) is 12.1 Å². The molecule has 0 saturated carbocycles. The van der Waals surface area contributed by atoms with Gasteiger partial charge in [-0.05, 0) is 19.1 Å². The Kier molecular flexibility index (Phi) is 3.90. The average Bonchev–Trinajstić information content (AvgIpc) is 3.26. The van der Waals surface area contributed by atoms with E-state index in [0.29, 0.717) is 16.8 Å². The standard InChI is InChI=1S/C18H13N5O3S/c1-9-5-6-13(27-9)14-12(8-19)17(20)26-18-15(14)16(21-22-18)10-3-2-4-11(7-10)23(24)25/h2-7,14H,20H2,1H3,(H,21,22). The molecule has 0 spiro atoms. The highest BCUT2D eigenvalue weighted by atomic mass is 32.1. The molecule has 3 N–H and O–H groups in total. The first-order valence-corrected chi connectivity index (χ1v) is 8.78. The molecule has 0 amide bonds. The minimum absolute atomic E-state index is 0.0122. The van der Waals surface area contributed by atoms with Crippen LogP contribution in [0.5, 0.6) is 5.88 Å². The largest absolute Gasteiger partial charge is 0.420 e. The molecule has 8 nitrogen and oxygen atoms in total. The second kappa shape index (κ2) is 6.26. The third kappa shape index (κ3) is 2.72. The highest BCUT2D eigenvalue weighted by Crippen LogP contribution is 2.47. The van der Waals surface area contributed by atoms with Crippen LogP contribution < -0.4 is 10.5 Å². The zero-order chi connectivity index (χ0) is 19.1. The van der Waals surface area contributed by atoms with Gasteiger partial charge in [0, 0.05) is 27.5 Å². The van der Waals surface area contributed by atoms with E-state index in [0.717, 1.165) is 9.75 Å². The van der Waals surface area contributed by atoms with Crippen molar-refractivity contribution in [2.45, 2.75) is 12.8 Å². The Hall–Kier alpha value is -3.64. The van der Waals surface area contributed by atoms with E-state index in [9.17, 15) is 15.4 Å². The molecule has 1 aliphatic heterocycles. The summed E-state index contributed by atoms with van der Waals surface area (Å²) in [5.74, 6) is -0.173. The number of nitrogens with one attached hydrogen (secondary N) is 1. The van der Waals surface area contributed by atoms with Crippen LogP contribution in [-0.2, 0) is 0 Å². The second-order valence-corrected chi connectivity index (χ2v) is 7.32. The summed E-state index contributed by atoms with van der Waals surface area (Å²) in [7, 11) is 0. The topological polar surface area (TPSA) is 131 Å². The van der Waals surface area contributed by atoms with Crippen molar-refractivity contribution in [1.82, 2.24) is 10.2 Å². The number of nitriles is 1. The van der Waals surface area contributed by atoms with Crippen LogP contribution in [0.2, 0.25) is 0 Å². The molecule has 0 saturated heterocycles. The molecule has 0 fully saturated rings. The van der Waals surface area contributed by atoms with Crippen molar-refractivity contribution < 1.29 is 9.66 Å². The number of ether oxygens (including phenoxy) is 1. The summed E-state index contributed by atoms with van der Waals surface area (Å²) in [4.78, 5) is 12.7. The number of nitrogens with two attached hydrogens (primary N) is 1. The van der Waals surface area contributed by atoms with E-state index in [-0.39, 0.29) is 23.0 Å². The van der Waals surface area contributed by atoms with Crippen LogP contribution in [-0.4, -0.2) is 15.1 Å². The molecule has 27 heavy (non-hydrogen) atoms. The van der Waals surface area contributed by atoms with Crippen molar-refractivity contribution in [1.29, 1.82) is 5.26 Å². The lowest BCUT2D eigenvalue weighted by molar-refractivity contribution is -0.384. The van der Waals surface area contributed by atoms with E-state index < -0.39 is 10.8 Å². The minimum atomic E-state index is -0.457. The molecule has 1 atom stereocenters. The van der Waals surface area contributed by atoms with Gasteiger partial charge in [0.2, 0.25) is 11.8 Å². The Bertz CT molecular complexity index is 1140. The SMILES string of the molecule is Cc1ccc(C2C(C#N)=C(N)Oc3n[nH]c(-c4cccc([N+](=O)[O-])c4)c32)s1. The molecule has 134 valence electrons.